The molecule has 0 saturated heterocycles. The van der Waals surface area contributed by atoms with E-state index in [-0.39, 0.29) is 0 Å². The summed E-state index contributed by atoms with van der Waals surface area (Å²) >= 11 is 0. The molecule has 0 unspecified atom stereocenters. The molecule has 12 heavy (non-hydrogen) atoms. The summed E-state index contributed by atoms with van der Waals surface area (Å²) < 4.78 is 0. The number of aromatic amines is 1. The Kier molecular flexibility index (Phi) is 1.51. The second kappa shape index (κ2) is 2.65. The van der Waals surface area contributed by atoms with Gasteiger partial charge in [-0.05, 0) is 12.1 Å². The van der Waals surface area contributed by atoms with E-state index in [1.807, 2.05) is 18.5 Å². The van der Waals surface area contributed by atoms with Crippen LogP contribution in [0.3, 0.4) is 0 Å². The standard InChI is InChI=1S/C8H8N4/c9-7-2-4-11-8(12-7)6-1-3-10-5-6/h1-5,10H,(H2,9,11,12). The van der Waals surface area contributed by atoms with Crippen molar-refractivity contribution in [3.05, 3.63) is 30.7 Å². The Hall–Kier alpha value is -1.84. The van der Waals surface area contributed by atoms with Crippen LogP contribution >= 0.6 is 0 Å². The topological polar surface area (TPSA) is 67.6 Å². The van der Waals surface area contributed by atoms with Crippen LogP contribution in [0, 0.1) is 0 Å². The van der Waals surface area contributed by atoms with Gasteiger partial charge in [0.1, 0.15) is 5.82 Å². The number of hydrogen-bond acceptors (Lipinski definition) is 3. The van der Waals surface area contributed by atoms with E-state index in [4.69, 9.17) is 5.73 Å². The van der Waals surface area contributed by atoms with E-state index in [0.717, 1.165) is 5.56 Å². The molecule has 0 radical (unpaired) electrons. The first kappa shape index (κ1) is 6.84. The van der Waals surface area contributed by atoms with Gasteiger partial charge < -0.3 is 10.7 Å². The van der Waals surface area contributed by atoms with Crippen molar-refractivity contribution in [2.24, 2.45) is 0 Å². The number of nitrogen functional groups attached to an aromatic ring is 1. The molecule has 0 aromatic carbocycles. The van der Waals surface area contributed by atoms with E-state index >= 15 is 0 Å². The molecule has 0 aliphatic rings. The second-order valence-electron chi connectivity index (χ2n) is 2.40. The van der Waals surface area contributed by atoms with Gasteiger partial charge in [-0.25, -0.2) is 9.97 Å². The van der Waals surface area contributed by atoms with Gasteiger partial charge in [0.2, 0.25) is 0 Å². The molecule has 0 aliphatic carbocycles. The molecule has 0 aliphatic heterocycles. The van der Waals surface area contributed by atoms with Crippen LogP contribution in [0.25, 0.3) is 11.4 Å². The Morgan fingerprint density at radius 1 is 1.33 bits per heavy atom. The average Bonchev–Trinajstić information content (AvgIpc) is 2.56. The highest BCUT2D eigenvalue weighted by Gasteiger charge is 1.99. The third-order valence-corrected chi connectivity index (χ3v) is 1.53. The maximum absolute atomic E-state index is 5.50. The Balaban J connectivity index is 2.48. The van der Waals surface area contributed by atoms with Crippen LogP contribution in [0.4, 0.5) is 5.82 Å². The van der Waals surface area contributed by atoms with Gasteiger partial charge in [0.15, 0.2) is 5.82 Å². The summed E-state index contributed by atoms with van der Waals surface area (Å²) in [7, 11) is 0. The summed E-state index contributed by atoms with van der Waals surface area (Å²) in [5, 5.41) is 0. The normalized spacial score (nSPS) is 10.0. The van der Waals surface area contributed by atoms with E-state index in [1.165, 1.54) is 0 Å². The van der Waals surface area contributed by atoms with Crippen LogP contribution in [-0.2, 0) is 0 Å². The number of hydrogen-bond donors (Lipinski definition) is 2. The summed E-state index contributed by atoms with van der Waals surface area (Å²) in [5.74, 6) is 1.14. The molecule has 0 saturated carbocycles. The lowest BCUT2D eigenvalue weighted by atomic mass is 10.3. The molecular weight excluding hydrogens is 152 g/mol. The summed E-state index contributed by atoms with van der Waals surface area (Å²) in [6.45, 7) is 0. The summed E-state index contributed by atoms with van der Waals surface area (Å²) in [6, 6.07) is 3.56. The predicted molar refractivity (Wildman–Crippen MR) is 46.2 cm³/mol. The van der Waals surface area contributed by atoms with Crippen LogP contribution in [0.1, 0.15) is 0 Å². The molecular formula is C8H8N4. The highest BCUT2D eigenvalue weighted by Crippen LogP contribution is 2.12. The fraction of sp³-hybridized carbons (Fsp3) is 0. The predicted octanol–water partition coefficient (Wildman–Crippen LogP) is 1.05. The fourth-order valence-electron chi connectivity index (χ4n) is 0.975. The smallest absolute Gasteiger partial charge is 0.163 e. The quantitative estimate of drug-likeness (QED) is 0.655. The highest BCUT2D eigenvalue weighted by molar-refractivity contribution is 5.54. The third kappa shape index (κ3) is 1.14. The largest absolute Gasteiger partial charge is 0.384 e. The molecule has 3 N–H and O–H groups in total. The van der Waals surface area contributed by atoms with Crippen molar-refractivity contribution in [2.45, 2.75) is 0 Å². The van der Waals surface area contributed by atoms with E-state index in [0.29, 0.717) is 11.6 Å². The fourth-order valence-corrected chi connectivity index (χ4v) is 0.975. The number of nitrogens with one attached hydrogen (secondary N) is 1. The molecule has 0 bridgehead atoms. The highest BCUT2D eigenvalue weighted by atomic mass is 14.9. The van der Waals surface area contributed by atoms with Crippen LogP contribution in [0.5, 0.6) is 0 Å². The first-order valence-corrected chi connectivity index (χ1v) is 3.58. The lowest BCUT2D eigenvalue weighted by molar-refractivity contribution is 1.18. The number of H-pyrrole nitrogens is 1. The van der Waals surface area contributed by atoms with Gasteiger partial charge in [0.05, 0.1) is 0 Å². The molecule has 0 atom stereocenters. The SMILES string of the molecule is Nc1ccnc(-c2cc[nH]c2)n1. The van der Waals surface area contributed by atoms with E-state index < -0.39 is 0 Å². The summed E-state index contributed by atoms with van der Waals surface area (Å²) in [6.07, 6.45) is 5.29. The lowest BCUT2D eigenvalue weighted by Gasteiger charge is -1.95. The Morgan fingerprint density at radius 2 is 2.25 bits per heavy atom. The average molecular weight is 160 g/mol. The van der Waals surface area contributed by atoms with Gasteiger partial charge >= 0.3 is 0 Å². The monoisotopic (exact) mass is 160 g/mol. The minimum absolute atomic E-state index is 0.487. The van der Waals surface area contributed by atoms with Gasteiger partial charge in [-0.3, -0.25) is 0 Å². The molecule has 0 spiro atoms. The molecule has 2 aromatic heterocycles. The van der Waals surface area contributed by atoms with Crippen LogP contribution in [0.15, 0.2) is 30.7 Å². The van der Waals surface area contributed by atoms with Crippen molar-refractivity contribution in [1.29, 1.82) is 0 Å². The number of anilines is 1. The van der Waals surface area contributed by atoms with Crippen LogP contribution in [0.2, 0.25) is 0 Å². The van der Waals surface area contributed by atoms with Crippen molar-refractivity contribution in [3.63, 3.8) is 0 Å². The van der Waals surface area contributed by atoms with Gasteiger partial charge in [0.25, 0.3) is 0 Å². The maximum atomic E-state index is 5.50. The van der Waals surface area contributed by atoms with Crippen molar-refractivity contribution in [3.8, 4) is 11.4 Å². The summed E-state index contributed by atoms with van der Waals surface area (Å²) in [4.78, 5) is 11.1. The molecule has 60 valence electrons. The van der Waals surface area contributed by atoms with Crippen molar-refractivity contribution < 1.29 is 0 Å². The van der Waals surface area contributed by atoms with E-state index in [2.05, 4.69) is 15.0 Å². The van der Waals surface area contributed by atoms with E-state index in [9.17, 15) is 0 Å². The van der Waals surface area contributed by atoms with Gasteiger partial charge in [-0.1, -0.05) is 0 Å². The zero-order valence-corrected chi connectivity index (χ0v) is 6.36. The van der Waals surface area contributed by atoms with Crippen LogP contribution in [-0.4, -0.2) is 15.0 Å². The zero-order chi connectivity index (χ0) is 8.39. The van der Waals surface area contributed by atoms with Crippen molar-refractivity contribution >= 4 is 5.82 Å². The number of aromatic nitrogens is 3. The molecule has 2 rings (SSSR count). The minimum Gasteiger partial charge on any atom is -0.384 e. The Morgan fingerprint density at radius 3 is 2.92 bits per heavy atom. The van der Waals surface area contributed by atoms with E-state index in [1.54, 1.807) is 12.3 Å². The Labute approximate surface area is 69.5 Å². The molecule has 4 nitrogen and oxygen atoms in total. The number of nitrogens with two attached hydrogens (primary N) is 1. The zero-order valence-electron chi connectivity index (χ0n) is 6.36. The van der Waals surface area contributed by atoms with Crippen molar-refractivity contribution in [2.75, 3.05) is 5.73 Å². The minimum atomic E-state index is 0.487. The molecule has 2 aromatic rings. The molecule has 0 fully saturated rings. The lowest BCUT2D eigenvalue weighted by Crippen LogP contribution is -1.93. The van der Waals surface area contributed by atoms with Gasteiger partial charge in [-0.15, -0.1) is 0 Å². The number of rotatable bonds is 1. The summed E-state index contributed by atoms with van der Waals surface area (Å²) in [5.41, 5.74) is 6.45. The van der Waals surface area contributed by atoms with Gasteiger partial charge in [-0.2, -0.15) is 0 Å². The first-order chi connectivity index (χ1) is 5.86. The van der Waals surface area contributed by atoms with Gasteiger partial charge in [0, 0.05) is 24.2 Å². The number of nitrogens with zero attached hydrogens (tertiary/aromatic N) is 2. The molecule has 0 amide bonds. The molecule has 2 heterocycles. The maximum Gasteiger partial charge on any atom is 0.163 e. The first-order valence-electron chi connectivity index (χ1n) is 3.58. The third-order valence-electron chi connectivity index (χ3n) is 1.53. The van der Waals surface area contributed by atoms with Crippen LogP contribution < -0.4 is 5.73 Å². The molecule has 4 heteroatoms. The Bertz CT molecular complexity index is 366. The second-order valence-corrected chi connectivity index (χ2v) is 2.40. The van der Waals surface area contributed by atoms with Crippen molar-refractivity contribution in [1.82, 2.24) is 15.0 Å².